The van der Waals surface area contributed by atoms with E-state index >= 15 is 0 Å². The number of hydrogen-bond donors (Lipinski definition) is 2. The Hall–Kier alpha value is -3.92. The van der Waals surface area contributed by atoms with Crippen molar-refractivity contribution >= 4 is 34.8 Å². The largest absolute Gasteiger partial charge is 0.368 e. The lowest BCUT2D eigenvalue weighted by Gasteiger charge is -2.20. The van der Waals surface area contributed by atoms with Gasteiger partial charge < -0.3 is 16.0 Å². The fraction of sp³-hybridized carbons (Fsp3) is 0.190. The van der Waals surface area contributed by atoms with E-state index in [1.165, 1.54) is 9.08 Å². The molecular weight excluding hydrogens is 432 g/mol. The zero-order valence-corrected chi connectivity index (χ0v) is 18.0. The fourth-order valence-electron chi connectivity index (χ4n) is 3.88. The second-order valence-electron chi connectivity index (χ2n) is 7.57. The van der Waals surface area contributed by atoms with Gasteiger partial charge in [0, 0.05) is 13.2 Å². The van der Waals surface area contributed by atoms with Crippen LogP contribution in [0.2, 0.25) is 5.02 Å². The number of hydrogen-bond acceptors (Lipinski definition) is 7. The molecule has 0 fully saturated rings. The fourth-order valence-corrected chi connectivity index (χ4v) is 4.10. The van der Waals surface area contributed by atoms with Crippen molar-refractivity contribution in [1.82, 2.24) is 29.0 Å². The SMILES string of the molecule is C[C@H](Nc1nc(N)nc2c1C(=O)N(C)C2)c1nn2ccc(Cl)c2c(=O)n1-c1ccccc1. The first-order valence-corrected chi connectivity index (χ1v) is 10.3. The van der Waals surface area contributed by atoms with Gasteiger partial charge in [-0.1, -0.05) is 29.8 Å². The van der Waals surface area contributed by atoms with Gasteiger partial charge in [0.15, 0.2) is 5.82 Å². The Morgan fingerprint density at radius 2 is 1.91 bits per heavy atom. The third-order valence-corrected chi connectivity index (χ3v) is 5.67. The molecule has 3 aromatic heterocycles. The van der Waals surface area contributed by atoms with E-state index in [1.807, 2.05) is 37.3 Å². The number of carbonyl (C=O) groups is 1. The second kappa shape index (κ2) is 7.34. The Bertz CT molecular complexity index is 1430. The number of benzene rings is 1. The molecule has 11 heteroatoms. The van der Waals surface area contributed by atoms with Crippen LogP contribution in [0.3, 0.4) is 0 Å². The Kier molecular flexibility index (Phi) is 4.59. The zero-order chi connectivity index (χ0) is 22.6. The molecule has 162 valence electrons. The van der Waals surface area contributed by atoms with Crippen molar-refractivity contribution in [3.63, 3.8) is 0 Å². The Morgan fingerprint density at radius 1 is 1.16 bits per heavy atom. The number of rotatable bonds is 4. The van der Waals surface area contributed by atoms with E-state index < -0.39 is 6.04 Å². The van der Waals surface area contributed by atoms with Gasteiger partial charge in [0.2, 0.25) is 5.95 Å². The number of nitrogens with two attached hydrogens (primary N) is 1. The van der Waals surface area contributed by atoms with Crippen LogP contribution in [-0.4, -0.2) is 42.0 Å². The van der Waals surface area contributed by atoms with Gasteiger partial charge in [0.05, 0.1) is 29.0 Å². The monoisotopic (exact) mass is 450 g/mol. The molecule has 0 bridgehead atoms. The third-order valence-electron chi connectivity index (χ3n) is 5.37. The van der Waals surface area contributed by atoms with Gasteiger partial charge in [0.25, 0.3) is 11.5 Å². The first-order chi connectivity index (χ1) is 15.3. The van der Waals surface area contributed by atoms with E-state index in [9.17, 15) is 9.59 Å². The van der Waals surface area contributed by atoms with E-state index in [1.54, 1.807) is 24.2 Å². The standard InChI is InChI=1S/C21H19ClN8O2/c1-11(24-17-15-14(25-21(23)26-17)10-28(2)19(15)31)18-27-29-9-8-13(22)16(29)20(32)30(18)12-6-4-3-5-7-12/h3-9,11H,10H2,1-2H3,(H3,23,24,25,26)/t11-/m0/s1. The van der Waals surface area contributed by atoms with Crippen molar-refractivity contribution < 1.29 is 4.79 Å². The van der Waals surface area contributed by atoms with Crippen molar-refractivity contribution in [1.29, 1.82) is 0 Å². The molecule has 0 unspecified atom stereocenters. The van der Waals surface area contributed by atoms with Gasteiger partial charge in [-0.05, 0) is 25.1 Å². The Balaban J connectivity index is 1.67. The molecule has 1 aromatic carbocycles. The number of anilines is 2. The minimum Gasteiger partial charge on any atom is -0.368 e. The molecule has 0 saturated heterocycles. The molecule has 1 aliphatic heterocycles. The van der Waals surface area contributed by atoms with Crippen molar-refractivity contribution in [3.05, 3.63) is 75.1 Å². The molecule has 0 spiro atoms. The van der Waals surface area contributed by atoms with E-state index in [0.29, 0.717) is 40.2 Å². The molecule has 32 heavy (non-hydrogen) atoms. The number of halogens is 1. The molecule has 4 heterocycles. The van der Waals surface area contributed by atoms with Crippen LogP contribution in [0.25, 0.3) is 11.2 Å². The van der Waals surface area contributed by atoms with Crippen molar-refractivity contribution in [3.8, 4) is 5.69 Å². The van der Waals surface area contributed by atoms with Crippen molar-refractivity contribution in [2.45, 2.75) is 19.5 Å². The highest BCUT2D eigenvalue weighted by molar-refractivity contribution is 6.33. The van der Waals surface area contributed by atoms with Crippen LogP contribution in [-0.2, 0) is 6.54 Å². The lowest BCUT2D eigenvalue weighted by molar-refractivity contribution is 0.0816. The summed E-state index contributed by atoms with van der Waals surface area (Å²) in [7, 11) is 1.69. The highest BCUT2D eigenvalue weighted by atomic mass is 35.5. The maximum absolute atomic E-state index is 13.4. The molecule has 4 aromatic rings. The highest BCUT2D eigenvalue weighted by Crippen LogP contribution is 2.29. The van der Waals surface area contributed by atoms with E-state index in [0.717, 1.165) is 0 Å². The smallest absolute Gasteiger partial charge is 0.284 e. The summed E-state index contributed by atoms with van der Waals surface area (Å²) < 4.78 is 2.95. The van der Waals surface area contributed by atoms with Crippen molar-refractivity contribution in [2.24, 2.45) is 0 Å². The van der Waals surface area contributed by atoms with Gasteiger partial charge >= 0.3 is 0 Å². The van der Waals surface area contributed by atoms with Gasteiger partial charge in [-0.15, -0.1) is 0 Å². The topological polar surface area (TPSA) is 123 Å². The molecule has 1 atom stereocenters. The summed E-state index contributed by atoms with van der Waals surface area (Å²) in [6.45, 7) is 2.18. The maximum Gasteiger partial charge on any atom is 0.284 e. The van der Waals surface area contributed by atoms with Crippen LogP contribution < -0.4 is 16.6 Å². The number of amides is 1. The summed E-state index contributed by atoms with van der Waals surface area (Å²) >= 11 is 6.25. The zero-order valence-electron chi connectivity index (χ0n) is 17.3. The lowest BCUT2D eigenvalue weighted by atomic mass is 10.2. The van der Waals surface area contributed by atoms with E-state index in [2.05, 4.69) is 20.4 Å². The van der Waals surface area contributed by atoms with E-state index in [4.69, 9.17) is 17.3 Å². The minimum atomic E-state index is -0.523. The van der Waals surface area contributed by atoms with E-state index in [-0.39, 0.29) is 22.9 Å². The predicted molar refractivity (Wildman–Crippen MR) is 120 cm³/mol. The summed E-state index contributed by atoms with van der Waals surface area (Å²) in [5.74, 6) is 0.568. The molecular formula is C21H19ClN8O2. The van der Waals surface area contributed by atoms with Crippen LogP contribution in [0, 0.1) is 0 Å². The predicted octanol–water partition coefficient (Wildman–Crippen LogP) is 2.27. The highest BCUT2D eigenvalue weighted by Gasteiger charge is 2.31. The summed E-state index contributed by atoms with van der Waals surface area (Å²) in [4.78, 5) is 36.0. The summed E-state index contributed by atoms with van der Waals surface area (Å²) in [5.41, 5.74) is 7.40. The van der Waals surface area contributed by atoms with Gasteiger partial charge in [-0.25, -0.2) is 9.50 Å². The number of nitrogen functional groups attached to an aromatic ring is 1. The Morgan fingerprint density at radius 3 is 2.66 bits per heavy atom. The van der Waals surface area contributed by atoms with Crippen LogP contribution in [0.5, 0.6) is 0 Å². The third kappa shape index (κ3) is 3.07. The first-order valence-electron chi connectivity index (χ1n) is 9.88. The number of nitrogens with one attached hydrogen (secondary N) is 1. The normalized spacial score (nSPS) is 14.1. The molecule has 0 saturated carbocycles. The maximum atomic E-state index is 13.4. The number of nitrogens with zero attached hydrogens (tertiary/aromatic N) is 6. The van der Waals surface area contributed by atoms with Gasteiger partial charge in [-0.2, -0.15) is 10.1 Å². The molecule has 1 aliphatic rings. The molecule has 3 N–H and O–H groups in total. The second-order valence-corrected chi connectivity index (χ2v) is 7.98. The molecule has 0 radical (unpaired) electrons. The van der Waals surface area contributed by atoms with Crippen molar-refractivity contribution in [2.75, 3.05) is 18.1 Å². The minimum absolute atomic E-state index is 0.0580. The van der Waals surface area contributed by atoms with Crippen LogP contribution in [0.15, 0.2) is 47.4 Å². The number of fused-ring (bicyclic) bond motifs is 2. The summed E-state index contributed by atoms with van der Waals surface area (Å²) in [6, 6.07) is 10.2. The van der Waals surface area contributed by atoms with Crippen LogP contribution in [0.4, 0.5) is 11.8 Å². The number of para-hydroxylation sites is 1. The quantitative estimate of drug-likeness (QED) is 0.488. The molecule has 1 amide bonds. The lowest BCUT2D eigenvalue weighted by Crippen LogP contribution is -2.29. The van der Waals surface area contributed by atoms with Gasteiger partial charge in [0.1, 0.15) is 16.9 Å². The first kappa shape index (κ1) is 20.0. The Labute approximate surface area is 187 Å². The molecule has 0 aliphatic carbocycles. The molecule has 5 rings (SSSR count). The summed E-state index contributed by atoms with van der Waals surface area (Å²) in [5, 5.41) is 8.17. The van der Waals surface area contributed by atoms with Crippen LogP contribution in [0.1, 0.15) is 34.8 Å². The number of carbonyl (C=O) groups excluding carboxylic acids is 1. The van der Waals surface area contributed by atoms with Gasteiger partial charge in [-0.3, -0.25) is 14.2 Å². The van der Waals surface area contributed by atoms with Crippen LogP contribution >= 0.6 is 11.6 Å². The number of aromatic nitrogens is 5. The average molecular weight is 451 g/mol. The summed E-state index contributed by atoms with van der Waals surface area (Å²) in [6.07, 6.45) is 1.63. The molecule has 10 nitrogen and oxygen atoms in total. The average Bonchev–Trinajstić information content (AvgIpc) is 3.27.